The molecule has 0 aliphatic rings. The van der Waals surface area contributed by atoms with Crippen LogP contribution in [-0.2, 0) is 16.6 Å². The van der Waals surface area contributed by atoms with Gasteiger partial charge in [0.15, 0.2) is 0 Å². The summed E-state index contributed by atoms with van der Waals surface area (Å²) in [5, 5.41) is 8.43. The number of aryl methyl sites for hydroxylation is 1. The van der Waals surface area contributed by atoms with Crippen LogP contribution in [0.5, 0.6) is 0 Å². The van der Waals surface area contributed by atoms with Crippen molar-refractivity contribution in [2.24, 2.45) is 5.14 Å². The number of hydrogen-bond acceptors (Lipinski definition) is 4. The Balaban J connectivity index is 2.29. The highest BCUT2D eigenvalue weighted by atomic mass is 79.9. The van der Waals surface area contributed by atoms with Crippen LogP contribution in [0.4, 0.5) is 5.69 Å². The number of nitrogens with one attached hydrogen (secondary N) is 1. The van der Waals surface area contributed by atoms with Gasteiger partial charge in [-0.3, -0.25) is 0 Å². The molecule has 1 aromatic heterocycles. The van der Waals surface area contributed by atoms with Crippen LogP contribution in [0.25, 0.3) is 0 Å². The first-order chi connectivity index (χ1) is 9.68. The van der Waals surface area contributed by atoms with E-state index in [0.29, 0.717) is 10.9 Å². The Morgan fingerprint density at radius 2 is 2.00 bits per heavy atom. The fourth-order valence-electron chi connectivity index (χ4n) is 1.83. The Morgan fingerprint density at radius 3 is 2.52 bits per heavy atom. The van der Waals surface area contributed by atoms with Gasteiger partial charge in [0.05, 0.1) is 4.90 Å². The summed E-state index contributed by atoms with van der Waals surface area (Å²) in [6.07, 6.45) is 0. The van der Waals surface area contributed by atoms with E-state index < -0.39 is 10.0 Å². The number of thiophene rings is 1. The van der Waals surface area contributed by atoms with Gasteiger partial charge in [0, 0.05) is 21.6 Å². The van der Waals surface area contributed by atoms with E-state index in [1.165, 1.54) is 11.3 Å². The lowest BCUT2D eigenvalue weighted by atomic mass is 10.1. The molecular weight excluding hydrogens is 396 g/mol. The third-order valence-corrected chi connectivity index (χ3v) is 6.49. The zero-order valence-electron chi connectivity index (χ0n) is 11.4. The number of rotatable bonds is 4. The molecule has 0 fully saturated rings. The second kappa shape index (κ2) is 6.26. The van der Waals surface area contributed by atoms with Gasteiger partial charge in [-0.15, -0.1) is 11.3 Å². The molecule has 0 amide bonds. The van der Waals surface area contributed by atoms with Crippen molar-refractivity contribution in [2.75, 3.05) is 5.32 Å². The van der Waals surface area contributed by atoms with Crippen LogP contribution in [0.2, 0.25) is 4.34 Å². The number of benzene rings is 1. The van der Waals surface area contributed by atoms with E-state index in [9.17, 15) is 8.42 Å². The fourth-order valence-corrected chi connectivity index (χ4v) is 4.19. The van der Waals surface area contributed by atoms with Crippen molar-refractivity contribution < 1.29 is 8.42 Å². The van der Waals surface area contributed by atoms with Crippen molar-refractivity contribution in [1.29, 1.82) is 0 Å². The van der Waals surface area contributed by atoms with Gasteiger partial charge >= 0.3 is 0 Å². The summed E-state index contributed by atoms with van der Waals surface area (Å²) in [5.41, 5.74) is 2.61. The van der Waals surface area contributed by atoms with E-state index in [1.807, 2.05) is 19.9 Å². The predicted molar refractivity (Wildman–Crippen MR) is 91.6 cm³/mol. The molecule has 2 aromatic rings. The molecule has 2 rings (SSSR count). The first kappa shape index (κ1) is 16.8. The third-order valence-electron chi connectivity index (χ3n) is 3.12. The minimum absolute atomic E-state index is 0.110. The maximum atomic E-state index is 11.5. The molecule has 8 heteroatoms. The van der Waals surface area contributed by atoms with Crippen molar-refractivity contribution in [3.63, 3.8) is 0 Å². The number of anilines is 1. The first-order valence-corrected chi connectivity index (χ1v) is 9.53. The Labute approximate surface area is 141 Å². The Morgan fingerprint density at radius 1 is 1.33 bits per heavy atom. The molecule has 0 atom stereocenters. The Kier molecular flexibility index (Phi) is 4.99. The highest BCUT2D eigenvalue weighted by Crippen LogP contribution is 2.32. The van der Waals surface area contributed by atoms with E-state index in [1.54, 1.807) is 12.1 Å². The fraction of sp³-hybridized carbons (Fsp3) is 0.231. The van der Waals surface area contributed by atoms with Crippen molar-refractivity contribution in [3.05, 3.63) is 43.0 Å². The SMILES string of the molecule is Cc1cc(S(N)(=O)=O)cc(NCc2cc(Br)c(Cl)s2)c1C. The van der Waals surface area contributed by atoms with Gasteiger partial charge in [0.1, 0.15) is 4.34 Å². The molecule has 0 aliphatic heterocycles. The average molecular weight is 410 g/mol. The van der Waals surface area contributed by atoms with Gasteiger partial charge in [-0.1, -0.05) is 11.6 Å². The van der Waals surface area contributed by atoms with Crippen molar-refractivity contribution in [2.45, 2.75) is 25.3 Å². The van der Waals surface area contributed by atoms with E-state index in [-0.39, 0.29) is 4.90 Å². The summed E-state index contributed by atoms with van der Waals surface area (Å²) in [6, 6.07) is 5.07. The summed E-state index contributed by atoms with van der Waals surface area (Å²) >= 11 is 10.8. The van der Waals surface area contributed by atoms with Crippen LogP contribution in [0, 0.1) is 13.8 Å². The highest BCUT2D eigenvalue weighted by Gasteiger charge is 2.13. The monoisotopic (exact) mass is 408 g/mol. The molecular formula is C13H14BrClN2O2S2. The van der Waals surface area contributed by atoms with Gasteiger partial charge in [-0.05, 0) is 59.1 Å². The Bertz CT molecular complexity index is 768. The summed E-state index contributed by atoms with van der Waals surface area (Å²) in [4.78, 5) is 1.16. The lowest BCUT2D eigenvalue weighted by molar-refractivity contribution is 0.597. The van der Waals surface area contributed by atoms with Gasteiger partial charge < -0.3 is 5.32 Å². The minimum atomic E-state index is -3.72. The van der Waals surface area contributed by atoms with Crippen LogP contribution in [0.15, 0.2) is 27.6 Å². The zero-order chi connectivity index (χ0) is 15.8. The van der Waals surface area contributed by atoms with Crippen LogP contribution >= 0.6 is 38.9 Å². The smallest absolute Gasteiger partial charge is 0.238 e. The van der Waals surface area contributed by atoms with E-state index in [0.717, 1.165) is 26.2 Å². The quantitative estimate of drug-likeness (QED) is 0.800. The molecule has 3 N–H and O–H groups in total. The van der Waals surface area contributed by atoms with Crippen LogP contribution < -0.4 is 10.5 Å². The maximum absolute atomic E-state index is 11.5. The molecule has 0 aliphatic carbocycles. The summed E-state index contributed by atoms with van der Waals surface area (Å²) in [7, 11) is -3.72. The van der Waals surface area contributed by atoms with Gasteiger partial charge in [0.25, 0.3) is 0 Å². The number of sulfonamides is 1. The van der Waals surface area contributed by atoms with Gasteiger partial charge in [-0.25, -0.2) is 13.6 Å². The maximum Gasteiger partial charge on any atom is 0.238 e. The van der Waals surface area contributed by atoms with Crippen molar-refractivity contribution >= 4 is 54.6 Å². The normalized spacial score (nSPS) is 11.7. The van der Waals surface area contributed by atoms with Crippen molar-refractivity contribution in [1.82, 2.24) is 0 Å². The molecule has 0 radical (unpaired) electrons. The van der Waals surface area contributed by atoms with E-state index >= 15 is 0 Å². The number of halogens is 2. The molecule has 0 bridgehead atoms. The van der Waals surface area contributed by atoms with Crippen LogP contribution in [0.1, 0.15) is 16.0 Å². The summed E-state index contributed by atoms with van der Waals surface area (Å²) in [5.74, 6) is 0. The second-order valence-corrected chi connectivity index (χ2v) is 8.80. The second-order valence-electron chi connectivity index (χ2n) is 4.65. The standard InChI is InChI=1S/C13H14BrClN2O2S2/c1-7-3-10(21(16,18)19)5-12(8(7)2)17-6-9-4-11(14)13(15)20-9/h3-5,17H,6H2,1-2H3,(H2,16,18,19). The molecule has 114 valence electrons. The van der Waals surface area contributed by atoms with Crippen molar-refractivity contribution in [3.8, 4) is 0 Å². The molecule has 21 heavy (non-hydrogen) atoms. The molecule has 0 spiro atoms. The van der Waals surface area contributed by atoms with Gasteiger partial charge in [0.2, 0.25) is 10.0 Å². The number of hydrogen-bond donors (Lipinski definition) is 2. The topological polar surface area (TPSA) is 72.2 Å². The lowest BCUT2D eigenvalue weighted by Gasteiger charge is -2.13. The third kappa shape index (κ3) is 3.98. The minimum Gasteiger partial charge on any atom is -0.380 e. The van der Waals surface area contributed by atoms with E-state index in [4.69, 9.17) is 16.7 Å². The zero-order valence-corrected chi connectivity index (χ0v) is 15.4. The average Bonchev–Trinajstić information content (AvgIpc) is 2.69. The van der Waals surface area contributed by atoms with E-state index in [2.05, 4.69) is 21.2 Å². The lowest BCUT2D eigenvalue weighted by Crippen LogP contribution is -2.13. The van der Waals surface area contributed by atoms with Crippen LogP contribution in [0.3, 0.4) is 0 Å². The molecule has 0 unspecified atom stereocenters. The van der Waals surface area contributed by atoms with Gasteiger partial charge in [-0.2, -0.15) is 0 Å². The summed E-state index contributed by atoms with van der Waals surface area (Å²) < 4.78 is 24.5. The largest absolute Gasteiger partial charge is 0.380 e. The molecule has 1 heterocycles. The molecule has 4 nitrogen and oxygen atoms in total. The molecule has 0 saturated carbocycles. The Hall–Kier alpha value is -0.600. The van der Waals surface area contributed by atoms with Crippen LogP contribution in [-0.4, -0.2) is 8.42 Å². The summed E-state index contributed by atoms with van der Waals surface area (Å²) in [6.45, 7) is 4.35. The molecule has 1 aromatic carbocycles. The first-order valence-electron chi connectivity index (χ1n) is 6.00. The number of primary sulfonamides is 1. The number of nitrogens with two attached hydrogens (primary N) is 1. The highest BCUT2D eigenvalue weighted by molar-refractivity contribution is 9.10. The molecule has 0 saturated heterocycles. The predicted octanol–water partition coefficient (Wildman–Crippen LogP) is 4.04.